The summed E-state index contributed by atoms with van der Waals surface area (Å²) in [4.78, 5) is 13.3. The maximum absolute atomic E-state index is 11.3. The average molecular weight is 292 g/mol. The van der Waals surface area contributed by atoms with E-state index in [2.05, 4.69) is 29.5 Å². The van der Waals surface area contributed by atoms with Gasteiger partial charge >= 0.3 is 5.69 Å². The molecule has 6 heteroatoms. The minimum absolute atomic E-state index is 0.122. The third kappa shape index (κ3) is 3.64. The van der Waals surface area contributed by atoms with E-state index in [4.69, 9.17) is 0 Å². The summed E-state index contributed by atoms with van der Waals surface area (Å²) in [6.07, 6.45) is 2.21. The fraction of sp³-hybridized carbons (Fsp3) is 0.600. The van der Waals surface area contributed by atoms with E-state index in [1.807, 2.05) is 6.07 Å². The summed E-state index contributed by atoms with van der Waals surface area (Å²) in [5.41, 5.74) is 1.44. The van der Waals surface area contributed by atoms with Gasteiger partial charge < -0.3 is 15.5 Å². The second kappa shape index (κ2) is 6.30. The lowest BCUT2D eigenvalue weighted by molar-refractivity contribution is -0.383. The predicted molar refractivity (Wildman–Crippen MR) is 86.0 cm³/mol. The number of likely N-dealkylation sites (tertiary alicyclic amines) is 1. The Morgan fingerprint density at radius 2 is 1.95 bits per heavy atom. The molecule has 0 spiro atoms. The molecule has 2 N–H and O–H groups in total. The molecule has 116 valence electrons. The number of nitrogens with zero attached hydrogens (tertiary/aromatic N) is 2. The van der Waals surface area contributed by atoms with Gasteiger partial charge in [0.25, 0.3) is 0 Å². The van der Waals surface area contributed by atoms with Crippen molar-refractivity contribution in [1.82, 2.24) is 4.90 Å². The van der Waals surface area contributed by atoms with Crippen molar-refractivity contribution in [3.8, 4) is 0 Å². The van der Waals surface area contributed by atoms with E-state index in [0.29, 0.717) is 11.4 Å². The number of nitrogens with one attached hydrogen (secondary N) is 2. The Balaban J connectivity index is 2.11. The number of piperidine rings is 1. The van der Waals surface area contributed by atoms with Gasteiger partial charge in [0.05, 0.1) is 4.92 Å². The molecule has 0 bridgehead atoms. The molecule has 1 aliphatic heterocycles. The Kier molecular flexibility index (Phi) is 4.67. The first-order valence-electron chi connectivity index (χ1n) is 7.33. The largest absolute Gasteiger partial charge is 0.382 e. The number of rotatable bonds is 5. The first-order valence-corrected chi connectivity index (χ1v) is 7.33. The standard InChI is InChI=1S/C15H24N4O2/c1-15(7-9-18(3)10-8-15)11-17-13-6-4-5-12(16-2)14(13)19(20)21/h4-6,16-17H,7-11H2,1-3H3. The summed E-state index contributed by atoms with van der Waals surface area (Å²) in [5.74, 6) is 0. The summed E-state index contributed by atoms with van der Waals surface area (Å²) in [6, 6.07) is 5.33. The molecule has 6 nitrogen and oxygen atoms in total. The molecule has 1 aromatic carbocycles. The summed E-state index contributed by atoms with van der Waals surface area (Å²) in [7, 11) is 3.83. The minimum Gasteiger partial charge on any atom is -0.382 e. The quantitative estimate of drug-likeness (QED) is 0.645. The van der Waals surface area contributed by atoms with Gasteiger partial charge in [-0.25, -0.2) is 0 Å². The molecule has 1 aliphatic rings. The van der Waals surface area contributed by atoms with Crippen LogP contribution in [0.5, 0.6) is 0 Å². The zero-order chi connectivity index (χ0) is 15.5. The molecule has 0 unspecified atom stereocenters. The van der Waals surface area contributed by atoms with Gasteiger partial charge in [0.15, 0.2) is 0 Å². The van der Waals surface area contributed by atoms with Gasteiger partial charge in [-0.15, -0.1) is 0 Å². The Labute approximate surface area is 125 Å². The third-order valence-corrected chi connectivity index (χ3v) is 4.39. The van der Waals surface area contributed by atoms with Crippen LogP contribution in [0.2, 0.25) is 0 Å². The van der Waals surface area contributed by atoms with E-state index in [0.717, 1.165) is 32.5 Å². The first-order chi connectivity index (χ1) is 9.95. The molecule has 0 atom stereocenters. The van der Waals surface area contributed by atoms with Gasteiger partial charge in [-0.2, -0.15) is 0 Å². The number of para-hydroxylation sites is 1. The molecule has 0 aliphatic carbocycles. The fourth-order valence-corrected chi connectivity index (χ4v) is 2.73. The first kappa shape index (κ1) is 15.6. The van der Waals surface area contributed by atoms with Crippen LogP contribution in [-0.4, -0.2) is 43.6 Å². The summed E-state index contributed by atoms with van der Waals surface area (Å²) < 4.78 is 0. The molecule has 21 heavy (non-hydrogen) atoms. The van der Waals surface area contributed by atoms with Gasteiger partial charge in [-0.05, 0) is 50.5 Å². The Morgan fingerprint density at radius 1 is 1.33 bits per heavy atom. The molecular weight excluding hydrogens is 268 g/mol. The van der Waals surface area contributed by atoms with Gasteiger partial charge in [-0.1, -0.05) is 13.0 Å². The van der Waals surface area contributed by atoms with E-state index in [1.54, 1.807) is 19.2 Å². The number of nitro groups is 1. The molecular formula is C15H24N4O2. The lowest BCUT2D eigenvalue weighted by Gasteiger charge is -2.38. The van der Waals surface area contributed by atoms with Gasteiger partial charge in [0, 0.05) is 13.6 Å². The monoisotopic (exact) mass is 292 g/mol. The fourth-order valence-electron chi connectivity index (χ4n) is 2.73. The molecule has 1 aromatic rings. The molecule has 0 aromatic heterocycles. The zero-order valence-corrected chi connectivity index (χ0v) is 13.0. The number of anilines is 2. The van der Waals surface area contributed by atoms with Crippen molar-refractivity contribution in [3.63, 3.8) is 0 Å². The van der Waals surface area contributed by atoms with E-state index in [1.165, 1.54) is 0 Å². The molecule has 0 saturated carbocycles. The number of hydrogen-bond donors (Lipinski definition) is 2. The van der Waals surface area contributed by atoms with E-state index >= 15 is 0 Å². The maximum atomic E-state index is 11.3. The second-order valence-corrected chi connectivity index (χ2v) is 6.18. The van der Waals surface area contributed by atoms with Gasteiger partial charge in [-0.3, -0.25) is 10.1 Å². The SMILES string of the molecule is CNc1cccc(NCC2(C)CCN(C)CC2)c1[N+](=O)[O-]. The van der Waals surface area contributed by atoms with Gasteiger partial charge in [0.1, 0.15) is 11.4 Å². The lowest BCUT2D eigenvalue weighted by Crippen LogP contribution is -2.40. The summed E-state index contributed by atoms with van der Waals surface area (Å²) >= 11 is 0. The van der Waals surface area contributed by atoms with Crippen molar-refractivity contribution < 1.29 is 4.92 Å². The maximum Gasteiger partial charge on any atom is 0.315 e. The van der Waals surface area contributed by atoms with Crippen molar-refractivity contribution >= 4 is 17.1 Å². The van der Waals surface area contributed by atoms with Crippen molar-refractivity contribution in [3.05, 3.63) is 28.3 Å². The van der Waals surface area contributed by atoms with Crippen LogP contribution >= 0.6 is 0 Å². The highest BCUT2D eigenvalue weighted by atomic mass is 16.6. The van der Waals surface area contributed by atoms with E-state index in [-0.39, 0.29) is 16.0 Å². The van der Waals surface area contributed by atoms with Crippen LogP contribution < -0.4 is 10.6 Å². The molecule has 2 rings (SSSR count). The van der Waals surface area contributed by atoms with Gasteiger partial charge in [0.2, 0.25) is 0 Å². The third-order valence-electron chi connectivity index (χ3n) is 4.39. The summed E-state index contributed by atoms with van der Waals surface area (Å²) in [5, 5.41) is 17.5. The Morgan fingerprint density at radius 3 is 2.52 bits per heavy atom. The van der Waals surface area contributed by atoms with Crippen molar-refractivity contribution in [2.45, 2.75) is 19.8 Å². The van der Waals surface area contributed by atoms with Crippen molar-refractivity contribution in [2.24, 2.45) is 5.41 Å². The Hall–Kier alpha value is -1.82. The molecule has 1 heterocycles. The zero-order valence-electron chi connectivity index (χ0n) is 13.0. The van der Waals surface area contributed by atoms with Crippen LogP contribution in [0.4, 0.5) is 17.1 Å². The van der Waals surface area contributed by atoms with Crippen LogP contribution in [0.15, 0.2) is 18.2 Å². The normalized spacial score (nSPS) is 18.2. The molecule has 1 fully saturated rings. The van der Waals surface area contributed by atoms with E-state index < -0.39 is 0 Å². The highest BCUT2D eigenvalue weighted by Crippen LogP contribution is 2.35. The molecule has 0 radical (unpaired) electrons. The average Bonchev–Trinajstić information content (AvgIpc) is 2.48. The lowest BCUT2D eigenvalue weighted by atomic mass is 9.80. The van der Waals surface area contributed by atoms with Crippen LogP contribution in [0.1, 0.15) is 19.8 Å². The second-order valence-electron chi connectivity index (χ2n) is 6.18. The van der Waals surface area contributed by atoms with Crippen LogP contribution in [0.25, 0.3) is 0 Å². The molecule has 0 amide bonds. The Bertz CT molecular complexity index is 510. The van der Waals surface area contributed by atoms with Crippen LogP contribution in [0.3, 0.4) is 0 Å². The summed E-state index contributed by atoms with van der Waals surface area (Å²) in [6.45, 7) is 5.17. The highest BCUT2D eigenvalue weighted by Gasteiger charge is 2.29. The molecule has 1 saturated heterocycles. The van der Waals surface area contributed by atoms with E-state index in [9.17, 15) is 10.1 Å². The van der Waals surface area contributed by atoms with Crippen LogP contribution in [-0.2, 0) is 0 Å². The highest BCUT2D eigenvalue weighted by molar-refractivity contribution is 5.76. The number of nitro benzene ring substituents is 1. The minimum atomic E-state index is -0.328. The smallest absolute Gasteiger partial charge is 0.315 e. The predicted octanol–water partition coefficient (Wildman–Crippen LogP) is 2.78. The van der Waals surface area contributed by atoms with Crippen molar-refractivity contribution in [2.75, 3.05) is 44.4 Å². The van der Waals surface area contributed by atoms with Crippen molar-refractivity contribution in [1.29, 1.82) is 0 Å². The topological polar surface area (TPSA) is 70.4 Å². The number of benzene rings is 1. The number of hydrogen-bond acceptors (Lipinski definition) is 5. The van der Waals surface area contributed by atoms with Crippen LogP contribution in [0, 0.1) is 15.5 Å².